The molecule has 0 aliphatic heterocycles. The summed E-state index contributed by atoms with van der Waals surface area (Å²) in [7, 11) is 0. The molecule has 1 heterocycles. The van der Waals surface area contributed by atoms with E-state index < -0.39 is 0 Å². The maximum atomic E-state index is 6.23. The molecule has 3 rings (SSSR count). The SMILES string of the molecule is CC(NC1CC(c2ccccc2Cl)C1)c1cn[nH]c1. The summed E-state index contributed by atoms with van der Waals surface area (Å²) in [4.78, 5) is 0. The average molecular weight is 276 g/mol. The Morgan fingerprint density at radius 2 is 2.16 bits per heavy atom. The molecule has 2 aromatic rings. The van der Waals surface area contributed by atoms with Gasteiger partial charge in [-0.25, -0.2) is 0 Å². The van der Waals surface area contributed by atoms with E-state index in [9.17, 15) is 0 Å². The van der Waals surface area contributed by atoms with Crippen LogP contribution in [0.1, 0.15) is 42.9 Å². The minimum absolute atomic E-state index is 0.343. The van der Waals surface area contributed by atoms with Crippen LogP contribution in [0.5, 0.6) is 0 Å². The summed E-state index contributed by atoms with van der Waals surface area (Å²) in [6.07, 6.45) is 6.14. The summed E-state index contributed by atoms with van der Waals surface area (Å²) < 4.78 is 0. The molecule has 1 unspecified atom stereocenters. The molecule has 4 heteroatoms. The third-order valence-electron chi connectivity index (χ3n) is 3.99. The first-order valence-electron chi connectivity index (χ1n) is 6.73. The van der Waals surface area contributed by atoms with Gasteiger partial charge in [0.15, 0.2) is 0 Å². The topological polar surface area (TPSA) is 40.7 Å². The van der Waals surface area contributed by atoms with Gasteiger partial charge in [-0.05, 0) is 37.3 Å². The highest BCUT2D eigenvalue weighted by Gasteiger charge is 2.32. The maximum Gasteiger partial charge on any atom is 0.0534 e. The van der Waals surface area contributed by atoms with Gasteiger partial charge in [-0.1, -0.05) is 29.8 Å². The van der Waals surface area contributed by atoms with Crippen molar-refractivity contribution in [2.45, 2.75) is 37.8 Å². The lowest BCUT2D eigenvalue weighted by Crippen LogP contribution is -2.41. The van der Waals surface area contributed by atoms with Gasteiger partial charge in [-0.15, -0.1) is 0 Å². The van der Waals surface area contributed by atoms with Crippen molar-refractivity contribution in [3.8, 4) is 0 Å². The van der Waals surface area contributed by atoms with Gasteiger partial charge in [0.25, 0.3) is 0 Å². The Labute approximate surface area is 118 Å². The van der Waals surface area contributed by atoms with Crippen LogP contribution in [0.3, 0.4) is 0 Å². The highest BCUT2D eigenvalue weighted by Crippen LogP contribution is 2.40. The minimum atomic E-state index is 0.343. The van der Waals surface area contributed by atoms with Crippen molar-refractivity contribution in [2.24, 2.45) is 0 Å². The quantitative estimate of drug-likeness (QED) is 0.894. The zero-order valence-corrected chi connectivity index (χ0v) is 11.7. The van der Waals surface area contributed by atoms with Gasteiger partial charge in [-0.2, -0.15) is 5.10 Å². The summed E-state index contributed by atoms with van der Waals surface area (Å²) >= 11 is 6.23. The van der Waals surface area contributed by atoms with Gasteiger partial charge >= 0.3 is 0 Å². The maximum absolute atomic E-state index is 6.23. The molecule has 2 N–H and O–H groups in total. The van der Waals surface area contributed by atoms with Crippen molar-refractivity contribution in [3.63, 3.8) is 0 Å². The highest BCUT2D eigenvalue weighted by molar-refractivity contribution is 6.31. The van der Waals surface area contributed by atoms with Gasteiger partial charge in [0, 0.05) is 28.9 Å². The third kappa shape index (κ3) is 2.67. The summed E-state index contributed by atoms with van der Waals surface area (Å²) in [5, 5.41) is 11.4. The van der Waals surface area contributed by atoms with Crippen LogP contribution >= 0.6 is 11.6 Å². The number of hydrogen-bond donors (Lipinski definition) is 2. The number of benzene rings is 1. The second-order valence-corrected chi connectivity index (χ2v) is 5.71. The summed E-state index contributed by atoms with van der Waals surface area (Å²) in [5.41, 5.74) is 2.50. The van der Waals surface area contributed by atoms with E-state index in [0.29, 0.717) is 18.0 Å². The van der Waals surface area contributed by atoms with Gasteiger partial charge in [0.1, 0.15) is 0 Å². The molecule has 0 saturated heterocycles. The molecule has 0 bridgehead atoms. The van der Waals surface area contributed by atoms with E-state index in [1.165, 1.54) is 11.1 Å². The van der Waals surface area contributed by atoms with Gasteiger partial charge in [0.2, 0.25) is 0 Å². The number of aromatic nitrogens is 2. The molecule has 1 atom stereocenters. The number of nitrogens with zero attached hydrogens (tertiary/aromatic N) is 1. The minimum Gasteiger partial charge on any atom is -0.307 e. The number of H-pyrrole nitrogens is 1. The lowest BCUT2D eigenvalue weighted by Gasteiger charge is -2.38. The van der Waals surface area contributed by atoms with Crippen molar-refractivity contribution >= 4 is 11.6 Å². The Morgan fingerprint density at radius 3 is 2.84 bits per heavy atom. The number of nitrogens with one attached hydrogen (secondary N) is 2. The monoisotopic (exact) mass is 275 g/mol. The molecule has 0 amide bonds. The number of rotatable bonds is 4. The molecule has 3 nitrogen and oxygen atoms in total. The van der Waals surface area contributed by atoms with Gasteiger partial charge in [-0.3, -0.25) is 5.10 Å². The Balaban J connectivity index is 1.55. The number of hydrogen-bond acceptors (Lipinski definition) is 2. The molecule has 100 valence electrons. The number of aromatic amines is 1. The Bertz CT molecular complexity index is 532. The summed E-state index contributed by atoms with van der Waals surface area (Å²) in [6, 6.07) is 9.09. The molecule has 1 aromatic carbocycles. The van der Waals surface area contributed by atoms with Crippen molar-refractivity contribution in [1.29, 1.82) is 0 Å². The predicted molar refractivity (Wildman–Crippen MR) is 77.4 cm³/mol. The molecule has 1 fully saturated rings. The van der Waals surface area contributed by atoms with Crippen LogP contribution in [0.15, 0.2) is 36.7 Å². The number of halogens is 1. The van der Waals surface area contributed by atoms with Crippen molar-refractivity contribution < 1.29 is 0 Å². The smallest absolute Gasteiger partial charge is 0.0534 e. The first-order chi connectivity index (χ1) is 9.24. The van der Waals surface area contributed by atoms with E-state index in [1.54, 1.807) is 0 Å². The van der Waals surface area contributed by atoms with Crippen molar-refractivity contribution in [1.82, 2.24) is 15.5 Å². The zero-order valence-electron chi connectivity index (χ0n) is 10.9. The fraction of sp³-hybridized carbons (Fsp3) is 0.400. The van der Waals surface area contributed by atoms with Crippen LogP contribution in [-0.2, 0) is 0 Å². The molecular weight excluding hydrogens is 258 g/mol. The van der Waals surface area contributed by atoms with Gasteiger partial charge in [0.05, 0.1) is 6.20 Å². The van der Waals surface area contributed by atoms with Crippen LogP contribution in [0.2, 0.25) is 5.02 Å². The normalized spacial score (nSPS) is 23.9. The Kier molecular flexibility index (Phi) is 3.58. The van der Waals surface area contributed by atoms with E-state index in [2.05, 4.69) is 34.6 Å². The zero-order chi connectivity index (χ0) is 13.2. The predicted octanol–water partition coefficient (Wildman–Crippen LogP) is 3.66. The van der Waals surface area contributed by atoms with Crippen LogP contribution in [0.25, 0.3) is 0 Å². The lowest BCUT2D eigenvalue weighted by molar-refractivity contribution is 0.271. The van der Waals surface area contributed by atoms with E-state index in [4.69, 9.17) is 11.6 Å². The fourth-order valence-electron chi connectivity index (χ4n) is 2.76. The standard InChI is InChI=1S/C15H18ClN3/c1-10(12-8-17-18-9-12)19-13-6-11(7-13)14-4-2-3-5-15(14)16/h2-5,8-11,13,19H,6-7H2,1H3,(H,17,18). The third-order valence-corrected chi connectivity index (χ3v) is 4.33. The van der Waals surface area contributed by atoms with Crippen LogP contribution in [0.4, 0.5) is 0 Å². The Morgan fingerprint density at radius 1 is 1.37 bits per heavy atom. The van der Waals surface area contributed by atoms with Crippen LogP contribution in [-0.4, -0.2) is 16.2 Å². The highest BCUT2D eigenvalue weighted by atomic mass is 35.5. The van der Waals surface area contributed by atoms with Crippen LogP contribution < -0.4 is 5.32 Å². The van der Waals surface area contributed by atoms with Crippen molar-refractivity contribution in [3.05, 3.63) is 52.8 Å². The van der Waals surface area contributed by atoms with Crippen LogP contribution in [0, 0.1) is 0 Å². The largest absolute Gasteiger partial charge is 0.307 e. The summed E-state index contributed by atoms with van der Waals surface area (Å²) in [5.74, 6) is 0.600. The molecule has 1 aliphatic carbocycles. The molecule has 0 radical (unpaired) electrons. The van der Waals surface area contributed by atoms with Gasteiger partial charge < -0.3 is 5.32 Å². The van der Waals surface area contributed by atoms with Crippen molar-refractivity contribution in [2.75, 3.05) is 0 Å². The average Bonchev–Trinajstić information content (AvgIpc) is 2.88. The van der Waals surface area contributed by atoms with E-state index in [-0.39, 0.29) is 0 Å². The van der Waals surface area contributed by atoms with E-state index >= 15 is 0 Å². The molecular formula is C15H18ClN3. The molecule has 0 spiro atoms. The lowest BCUT2D eigenvalue weighted by atomic mass is 9.75. The molecule has 1 aromatic heterocycles. The Hall–Kier alpha value is -1.32. The fourth-order valence-corrected chi connectivity index (χ4v) is 3.05. The van der Waals surface area contributed by atoms with E-state index in [0.717, 1.165) is 17.9 Å². The molecule has 1 aliphatic rings. The molecule has 1 saturated carbocycles. The first kappa shape index (κ1) is 12.7. The summed E-state index contributed by atoms with van der Waals surface area (Å²) in [6.45, 7) is 2.17. The second-order valence-electron chi connectivity index (χ2n) is 5.31. The second kappa shape index (κ2) is 5.35. The van der Waals surface area contributed by atoms with E-state index in [1.807, 2.05) is 24.5 Å². The first-order valence-corrected chi connectivity index (χ1v) is 7.11. The molecule has 19 heavy (non-hydrogen) atoms.